The fraction of sp³-hybridized carbons (Fsp3) is 0.909. The lowest BCUT2D eigenvalue weighted by Crippen LogP contribution is -2.18. The van der Waals surface area contributed by atoms with Crippen LogP contribution in [0.2, 0.25) is 0 Å². The van der Waals surface area contributed by atoms with Gasteiger partial charge in [-0.25, -0.2) is 0 Å². The Hall–Kier alpha value is 0. The Labute approximate surface area is 71.4 Å². The summed E-state index contributed by atoms with van der Waals surface area (Å²) in [5, 5.41) is 0. The van der Waals surface area contributed by atoms with E-state index in [1.165, 1.54) is 32.1 Å². The molecule has 0 aromatic carbocycles. The molecule has 0 heterocycles. The van der Waals surface area contributed by atoms with Crippen LogP contribution in [0.15, 0.2) is 0 Å². The molecular weight excluding hydrogens is 132 g/mol. The first-order chi connectivity index (χ1) is 5.10. The van der Waals surface area contributed by atoms with Crippen LogP contribution in [-0.4, -0.2) is 0 Å². The molecule has 0 nitrogen and oxygen atoms in total. The molecule has 0 heteroatoms. The molecular formula is C11H21. The highest BCUT2D eigenvalue weighted by atomic mass is 14.3. The maximum atomic E-state index is 2.55. The van der Waals surface area contributed by atoms with Gasteiger partial charge in [0, 0.05) is 0 Å². The van der Waals surface area contributed by atoms with E-state index in [9.17, 15) is 0 Å². The summed E-state index contributed by atoms with van der Waals surface area (Å²) in [5.74, 6) is 0.838. The number of hydrogen-bond acceptors (Lipinski definition) is 0. The number of rotatable bonds is 0. The molecule has 1 aliphatic carbocycles. The van der Waals surface area contributed by atoms with Crippen molar-refractivity contribution in [2.45, 2.75) is 52.9 Å². The lowest BCUT2D eigenvalue weighted by Gasteiger charge is -2.30. The van der Waals surface area contributed by atoms with Crippen molar-refractivity contribution in [2.24, 2.45) is 11.3 Å². The van der Waals surface area contributed by atoms with Crippen LogP contribution >= 0.6 is 0 Å². The van der Waals surface area contributed by atoms with Crippen LogP contribution in [0.1, 0.15) is 52.9 Å². The monoisotopic (exact) mass is 153 g/mol. The average Bonchev–Trinajstić information content (AvgIpc) is 1.82. The third kappa shape index (κ3) is 3.27. The van der Waals surface area contributed by atoms with E-state index in [1.54, 1.807) is 0 Å². The molecule has 65 valence electrons. The molecule has 0 saturated heterocycles. The Bertz CT molecular complexity index is 113. The Kier molecular flexibility index (Phi) is 2.98. The first-order valence-corrected chi connectivity index (χ1v) is 4.96. The summed E-state index contributed by atoms with van der Waals surface area (Å²) in [6.45, 7) is 7.09. The summed E-state index contributed by atoms with van der Waals surface area (Å²) in [5.41, 5.74) is 0.500. The van der Waals surface area contributed by atoms with Gasteiger partial charge in [-0.15, -0.1) is 0 Å². The van der Waals surface area contributed by atoms with Gasteiger partial charge < -0.3 is 0 Å². The third-order valence-electron chi connectivity index (χ3n) is 2.72. The predicted molar refractivity (Wildman–Crippen MR) is 50.3 cm³/mol. The first-order valence-electron chi connectivity index (χ1n) is 4.96. The highest BCUT2D eigenvalue weighted by molar-refractivity contribution is 4.89. The predicted octanol–water partition coefficient (Wildman–Crippen LogP) is 3.82. The summed E-state index contributed by atoms with van der Waals surface area (Å²) >= 11 is 0. The van der Waals surface area contributed by atoms with Crippen LogP contribution < -0.4 is 0 Å². The summed E-state index contributed by atoms with van der Waals surface area (Å²) in [4.78, 5) is 0. The van der Waals surface area contributed by atoms with E-state index < -0.39 is 0 Å². The zero-order valence-corrected chi connectivity index (χ0v) is 8.19. The van der Waals surface area contributed by atoms with E-state index in [-0.39, 0.29) is 0 Å². The van der Waals surface area contributed by atoms with Gasteiger partial charge in [-0.1, -0.05) is 46.5 Å². The minimum atomic E-state index is 0.500. The van der Waals surface area contributed by atoms with Crippen molar-refractivity contribution in [1.29, 1.82) is 0 Å². The molecule has 0 amide bonds. The Balaban J connectivity index is 2.42. The third-order valence-corrected chi connectivity index (χ3v) is 2.72. The number of hydrogen-bond donors (Lipinski definition) is 0. The van der Waals surface area contributed by atoms with Crippen LogP contribution in [0.25, 0.3) is 0 Å². The lowest BCUT2D eigenvalue weighted by atomic mass is 9.76. The second-order valence-electron chi connectivity index (χ2n) is 4.73. The largest absolute Gasteiger partial charge is 0.0622 e. The zero-order valence-electron chi connectivity index (χ0n) is 8.19. The van der Waals surface area contributed by atoms with Crippen molar-refractivity contribution < 1.29 is 0 Å². The van der Waals surface area contributed by atoms with Gasteiger partial charge in [0.2, 0.25) is 0 Å². The highest BCUT2D eigenvalue weighted by Gasteiger charge is 2.22. The first kappa shape index (κ1) is 9.09. The van der Waals surface area contributed by atoms with Crippen LogP contribution in [-0.2, 0) is 0 Å². The molecule has 11 heavy (non-hydrogen) atoms. The second-order valence-corrected chi connectivity index (χ2v) is 4.73. The Morgan fingerprint density at radius 2 is 1.91 bits per heavy atom. The molecule has 1 unspecified atom stereocenters. The minimum Gasteiger partial charge on any atom is -0.0622 e. The van der Waals surface area contributed by atoms with Gasteiger partial charge in [0.25, 0.3) is 0 Å². The molecule has 1 aliphatic rings. The molecule has 1 saturated carbocycles. The van der Waals surface area contributed by atoms with Crippen LogP contribution in [0.3, 0.4) is 0 Å². The second kappa shape index (κ2) is 3.60. The standard InChI is InChI=1S/C11H21/c1-10-7-5-4-6-8-11(2,3)9-10/h9-10H,4-8H2,1-3H3. The molecule has 1 atom stereocenters. The smallest absolute Gasteiger partial charge is 0.0301 e. The van der Waals surface area contributed by atoms with Crippen LogP contribution in [0.4, 0.5) is 0 Å². The Morgan fingerprint density at radius 3 is 2.64 bits per heavy atom. The maximum Gasteiger partial charge on any atom is -0.0301 e. The van der Waals surface area contributed by atoms with Crippen molar-refractivity contribution in [3.8, 4) is 0 Å². The average molecular weight is 153 g/mol. The lowest BCUT2D eigenvalue weighted by molar-refractivity contribution is 0.307. The fourth-order valence-electron chi connectivity index (χ4n) is 2.16. The quantitative estimate of drug-likeness (QED) is 0.496. The fourth-order valence-corrected chi connectivity index (χ4v) is 2.16. The zero-order chi connectivity index (χ0) is 8.32. The van der Waals surface area contributed by atoms with Crippen LogP contribution in [0.5, 0.6) is 0 Å². The van der Waals surface area contributed by atoms with Gasteiger partial charge in [0.1, 0.15) is 0 Å². The summed E-state index contributed by atoms with van der Waals surface area (Å²) in [6.07, 6.45) is 9.65. The molecule has 1 fully saturated rings. The molecule has 0 spiro atoms. The summed E-state index contributed by atoms with van der Waals surface area (Å²) in [6, 6.07) is 0. The maximum absolute atomic E-state index is 2.55. The normalized spacial score (nSPS) is 32.5. The van der Waals surface area contributed by atoms with E-state index in [4.69, 9.17) is 0 Å². The van der Waals surface area contributed by atoms with Gasteiger partial charge >= 0.3 is 0 Å². The summed E-state index contributed by atoms with van der Waals surface area (Å²) in [7, 11) is 0. The van der Waals surface area contributed by atoms with Gasteiger partial charge in [-0.2, -0.15) is 0 Å². The summed E-state index contributed by atoms with van der Waals surface area (Å²) < 4.78 is 0. The van der Waals surface area contributed by atoms with E-state index in [0.29, 0.717) is 5.41 Å². The molecule has 0 aromatic rings. The van der Waals surface area contributed by atoms with E-state index in [2.05, 4.69) is 27.2 Å². The van der Waals surface area contributed by atoms with E-state index in [0.717, 1.165) is 5.92 Å². The molecule has 1 radical (unpaired) electrons. The van der Waals surface area contributed by atoms with Gasteiger partial charge in [0.15, 0.2) is 0 Å². The highest BCUT2D eigenvalue weighted by Crippen LogP contribution is 2.34. The van der Waals surface area contributed by atoms with Gasteiger partial charge in [-0.3, -0.25) is 0 Å². The van der Waals surface area contributed by atoms with Crippen LogP contribution in [0, 0.1) is 17.8 Å². The van der Waals surface area contributed by atoms with Crippen molar-refractivity contribution in [2.75, 3.05) is 0 Å². The van der Waals surface area contributed by atoms with Crippen molar-refractivity contribution in [3.05, 3.63) is 6.42 Å². The molecule has 0 aromatic heterocycles. The molecule has 0 aliphatic heterocycles. The SMILES string of the molecule is CC1[CH]C(C)(C)CCCCC1. The molecule has 0 N–H and O–H groups in total. The van der Waals surface area contributed by atoms with Crippen molar-refractivity contribution in [1.82, 2.24) is 0 Å². The topological polar surface area (TPSA) is 0 Å². The Morgan fingerprint density at radius 1 is 1.18 bits per heavy atom. The van der Waals surface area contributed by atoms with Gasteiger partial charge in [-0.05, 0) is 24.2 Å². The van der Waals surface area contributed by atoms with E-state index >= 15 is 0 Å². The molecule has 0 bridgehead atoms. The van der Waals surface area contributed by atoms with Crippen molar-refractivity contribution >= 4 is 0 Å². The van der Waals surface area contributed by atoms with E-state index in [1.807, 2.05) is 0 Å². The van der Waals surface area contributed by atoms with Crippen molar-refractivity contribution in [3.63, 3.8) is 0 Å². The van der Waals surface area contributed by atoms with Gasteiger partial charge in [0.05, 0.1) is 0 Å². The molecule has 1 rings (SSSR count). The minimum absolute atomic E-state index is 0.500.